The van der Waals surface area contributed by atoms with E-state index >= 15 is 0 Å². The van der Waals surface area contributed by atoms with Crippen LogP contribution >= 0.6 is 11.8 Å². The van der Waals surface area contributed by atoms with Crippen LogP contribution in [0.15, 0.2) is 23.4 Å². The van der Waals surface area contributed by atoms with Crippen LogP contribution in [0.4, 0.5) is 0 Å². The number of aromatic amines is 1. The number of nitrogens with one attached hydrogen (secondary N) is 2. The predicted octanol–water partition coefficient (Wildman–Crippen LogP) is 2.72. The number of ether oxygens (including phenoxy) is 1. The molecule has 0 spiro atoms. The summed E-state index contributed by atoms with van der Waals surface area (Å²) in [6.45, 7) is 4.50. The molecule has 21 heavy (non-hydrogen) atoms. The number of hydrogen-bond donors (Lipinski definition) is 2. The first kappa shape index (κ1) is 14.3. The van der Waals surface area contributed by atoms with Crippen LogP contribution in [0.25, 0.3) is 11.0 Å². The van der Waals surface area contributed by atoms with Gasteiger partial charge in [-0.15, -0.1) is 0 Å². The molecule has 6 heteroatoms. The molecule has 0 bridgehead atoms. The average Bonchev–Trinajstić information content (AvgIpc) is 3.17. The van der Waals surface area contributed by atoms with Crippen LogP contribution in [-0.2, 0) is 4.79 Å². The van der Waals surface area contributed by atoms with Crippen molar-refractivity contribution in [2.75, 3.05) is 6.61 Å². The Labute approximate surface area is 127 Å². The van der Waals surface area contributed by atoms with Crippen LogP contribution in [0.5, 0.6) is 5.75 Å². The maximum absolute atomic E-state index is 12.0. The maximum Gasteiger partial charge on any atom is 0.233 e. The van der Waals surface area contributed by atoms with Gasteiger partial charge in [-0.1, -0.05) is 11.8 Å². The fraction of sp³-hybridized carbons (Fsp3) is 0.467. The molecule has 0 saturated heterocycles. The van der Waals surface area contributed by atoms with Gasteiger partial charge in [-0.05, 0) is 38.8 Å². The van der Waals surface area contributed by atoms with E-state index in [-0.39, 0.29) is 11.2 Å². The summed E-state index contributed by atoms with van der Waals surface area (Å²) in [4.78, 5) is 19.7. The molecule has 1 fully saturated rings. The van der Waals surface area contributed by atoms with E-state index in [0.29, 0.717) is 12.6 Å². The molecule has 1 aromatic heterocycles. The van der Waals surface area contributed by atoms with Gasteiger partial charge in [0.1, 0.15) is 5.75 Å². The van der Waals surface area contributed by atoms with Crippen molar-refractivity contribution in [3.05, 3.63) is 18.2 Å². The molecule has 1 saturated carbocycles. The number of thioether (sulfide) groups is 1. The van der Waals surface area contributed by atoms with Gasteiger partial charge < -0.3 is 15.0 Å². The normalized spacial score (nSPS) is 15.9. The summed E-state index contributed by atoms with van der Waals surface area (Å²) in [7, 11) is 0. The highest BCUT2D eigenvalue weighted by molar-refractivity contribution is 8.00. The third-order valence-electron chi connectivity index (χ3n) is 3.32. The zero-order valence-electron chi connectivity index (χ0n) is 12.2. The Hall–Kier alpha value is -1.69. The number of nitrogens with zero attached hydrogens (tertiary/aromatic N) is 1. The fourth-order valence-electron chi connectivity index (χ4n) is 2.04. The predicted molar refractivity (Wildman–Crippen MR) is 83.7 cm³/mol. The molecular formula is C15H19N3O2S. The van der Waals surface area contributed by atoms with E-state index in [1.165, 1.54) is 11.8 Å². The molecule has 1 aliphatic rings. The number of amides is 1. The third-order valence-corrected chi connectivity index (χ3v) is 4.31. The summed E-state index contributed by atoms with van der Waals surface area (Å²) in [6, 6.07) is 6.16. The van der Waals surface area contributed by atoms with E-state index < -0.39 is 0 Å². The Bertz CT molecular complexity index is 651. The van der Waals surface area contributed by atoms with Crippen LogP contribution in [0.3, 0.4) is 0 Å². The van der Waals surface area contributed by atoms with E-state index in [9.17, 15) is 4.79 Å². The number of carbonyl (C=O) groups excluding carboxylic acids is 1. The van der Waals surface area contributed by atoms with Gasteiger partial charge in [-0.25, -0.2) is 4.98 Å². The van der Waals surface area contributed by atoms with E-state index in [0.717, 1.165) is 34.8 Å². The number of imidazole rings is 1. The molecule has 1 heterocycles. The molecule has 1 aromatic carbocycles. The van der Waals surface area contributed by atoms with Crippen LogP contribution in [0, 0.1) is 0 Å². The van der Waals surface area contributed by atoms with Gasteiger partial charge >= 0.3 is 0 Å². The highest BCUT2D eigenvalue weighted by atomic mass is 32.2. The summed E-state index contributed by atoms with van der Waals surface area (Å²) in [5.41, 5.74) is 1.81. The molecule has 1 aliphatic carbocycles. The Balaban J connectivity index is 1.69. The lowest BCUT2D eigenvalue weighted by Gasteiger charge is -2.09. The van der Waals surface area contributed by atoms with Crippen molar-refractivity contribution in [1.82, 2.24) is 15.3 Å². The molecule has 1 atom stereocenters. The lowest BCUT2D eigenvalue weighted by atomic mass is 10.3. The van der Waals surface area contributed by atoms with E-state index in [2.05, 4.69) is 15.3 Å². The minimum atomic E-state index is -0.155. The lowest BCUT2D eigenvalue weighted by Crippen LogP contribution is -2.32. The van der Waals surface area contributed by atoms with E-state index in [4.69, 9.17) is 4.74 Å². The van der Waals surface area contributed by atoms with Gasteiger partial charge in [-0.3, -0.25) is 4.79 Å². The standard InChI is InChI=1S/C15H19N3O2S/c1-3-20-11-6-7-12-13(8-11)18-15(17-12)21-9(2)14(19)16-10-4-5-10/h6-10H,3-5H2,1-2H3,(H,16,19)(H,17,18). The number of rotatable bonds is 6. The number of fused-ring (bicyclic) bond motifs is 1. The minimum Gasteiger partial charge on any atom is -0.494 e. The van der Waals surface area contributed by atoms with Crippen molar-refractivity contribution in [2.24, 2.45) is 0 Å². The molecule has 3 rings (SSSR count). The first-order valence-electron chi connectivity index (χ1n) is 7.25. The van der Waals surface area contributed by atoms with Crippen molar-refractivity contribution >= 4 is 28.7 Å². The number of benzene rings is 1. The minimum absolute atomic E-state index is 0.0814. The van der Waals surface area contributed by atoms with Crippen LogP contribution in [0.1, 0.15) is 26.7 Å². The van der Waals surface area contributed by atoms with Gasteiger partial charge in [0.2, 0.25) is 5.91 Å². The first-order chi connectivity index (χ1) is 10.2. The van der Waals surface area contributed by atoms with Gasteiger partial charge in [0, 0.05) is 12.1 Å². The topological polar surface area (TPSA) is 67.0 Å². The van der Waals surface area contributed by atoms with E-state index in [1.807, 2.05) is 32.0 Å². The summed E-state index contributed by atoms with van der Waals surface area (Å²) in [5, 5.41) is 3.62. The van der Waals surface area contributed by atoms with E-state index in [1.54, 1.807) is 0 Å². The second-order valence-electron chi connectivity index (χ2n) is 5.20. The average molecular weight is 305 g/mol. The quantitative estimate of drug-likeness (QED) is 0.805. The highest BCUT2D eigenvalue weighted by Gasteiger charge is 2.26. The largest absolute Gasteiger partial charge is 0.494 e. The van der Waals surface area contributed by atoms with Crippen molar-refractivity contribution in [3.8, 4) is 5.75 Å². The first-order valence-corrected chi connectivity index (χ1v) is 8.13. The number of hydrogen-bond acceptors (Lipinski definition) is 4. The number of carbonyl (C=O) groups is 1. The zero-order valence-corrected chi connectivity index (χ0v) is 13.0. The highest BCUT2D eigenvalue weighted by Crippen LogP contribution is 2.27. The molecule has 5 nitrogen and oxygen atoms in total. The molecule has 2 N–H and O–H groups in total. The zero-order chi connectivity index (χ0) is 14.8. The van der Waals surface area contributed by atoms with Crippen LogP contribution in [0.2, 0.25) is 0 Å². The van der Waals surface area contributed by atoms with Crippen molar-refractivity contribution in [3.63, 3.8) is 0 Å². The van der Waals surface area contributed by atoms with Gasteiger partial charge in [-0.2, -0.15) is 0 Å². The summed E-state index contributed by atoms with van der Waals surface area (Å²) in [6.07, 6.45) is 2.21. The van der Waals surface area contributed by atoms with Gasteiger partial charge in [0.05, 0.1) is 22.9 Å². The molecular weight excluding hydrogens is 286 g/mol. The Kier molecular flexibility index (Phi) is 4.05. The van der Waals surface area contributed by atoms with Gasteiger partial charge in [0.25, 0.3) is 0 Å². The second-order valence-corrected chi connectivity index (χ2v) is 6.53. The number of H-pyrrole nitrogens is 1. The molecule has 1 amide bonds. The fourth-order valence-corrected chi connectivity index (χ4v) is 2.87. The Morgan fingerprint density at radius 1 is 1.57 bits per heavy atom. The smallest absolute Gasteiger partial charge is 0.233 e. The van der Waals surface area contributed by atoms with Crippen molar-refractivity contribution in [1.29, 1.82) is 0 Å². The lowest BCUT2D eigenvalue weighted by molar-refractivity contribution is -0.120. The van der Waals surface area contributed by atoms with Crippen LogP contribution < -0.4 is 10.1 Å². The molecule has 1 unspecified atom stereocenters. The molecule has 112 valence electrons. The SMILES string of the molecule is CCOc1ccc2nc(SC(C)C(=O)NC3CC3)[nH]c2c1. The molecule has 0 aliphatic heterocycles. The second kappa shape index (κ2) is 5.97. The Morgan fingerprint density at radius 2 is 2.38 bits per heavy atom. The Morgan fingerprint density at radius 3 is 3.10 bits per heavy atom. The summed E-state index contributed by atoms with van der Waals surface area (Å²) >= 11 is 1.45. The summed E-state index contributed by atoms with van der Waals surface area (Å²) in [5.74, 6) is 0.905. The molecule has 0 radical (unpaired) electrons. The number of aromatic nitrogens is 2. The van der Waals surface area contributed by atoms with Crippen LogP contribution in [-0.4, -0.2) is 33.8 Å². The van der Waals surface area contributed by atoms with Crippen molar-refractivity contribution in [2.45, 2.75) is 43.1 Å². The monoisotopic (exact) mass is 305 g/mol. The summed E-state index contributed by atoms with van der Waals surface area (Å²) < 4.78 is 5.47. The van der Waals surface area contributed by atoms with Gasteiger partial charge in [0.15, 0.2) is 5.16 Å². The maximum atomic E-state index is 12.0. The molecule has 2 aromatic rings. The third kappa shape index (κ3) is 3.50. The van der Waals surface area contributed by atoms with Crippen molar-refractivity contribution < 1.29 is 9.53 Å².